The molecule has 25 heavy (non-hydrogen) atoms. The molecule has 1 atom stereocenters. The second-order valence-corrected chi connectivity index (χ2v) is 5.95. The fraction of sp³-hybridized carbons (Fsp3) is 0.824. The molecule has 0 fully saturated rings. The van der Waals surface area contributed by atoms with Gasteiger partial charge in [-0.25, -0.2) is 4.79 Å². The quantitative estimate of drug-likeness (QED) is 0.264. The number of hydrogen-bond acceptors (Lipinski definition) is 4. The molecule has 0 radical (unpaired) electrons. The van der Waals surface area contributed by atoms with Gasteiger partial charge >= 0.3 is 65.1 Å². The van der Waals surface area contributed by atoms with Gasteiger partial charge in [-0.1, -0.05) is 58.3 Å². The molecule has 0 spiro atoms. The van der Waals surface area contributed by atoms with Crippen molar-refractivity contribution in [3.63, 3.8) is 0 Å². The molecule has 0 aromatic heterocycles. The van der Waals surface area contributed by atoms with E-state index < -0.39 is 18.0 Å². The molecule has 0 aromatic carbocycles. The molecule has 0 saturated carbocycles. The molecule has 136 valence electrons. The number of nitrogens with one attached hydrogen (secondary N) is 1. The van der Waals surface area contributed by atoms with Crippen molar-refractivity contribution in [2.75, 3.05) is 0 Å². The summed E-state index contributed by atoms with van der Waals surface area (Å²) in [7, 11) is 0. The van der Waals surface area contributed by atoms with E-state index >= 15 is 0 Å². The van der Waals surface area contributed by atoms with Crippen LogP contribution >= 0.6 is 0 Å². The van der Waals surface area contributed by atoms with Crippen LogP contribution in [-0.2, 0) is 14.4 Å². The van der Waals surface area contributed by atoms with Crippen LogP contribution in [0.2, 0.25) is 0 Å². The molecule has 0 aliphatic rings. The predicted molar refractivity (Wildman–Crippen MR) is 92.8 cm³/mol. The van der Waals surface area contributed by atoms with Gasteiger partial charge in [0, 0.05) is 12.4 Å². The van der Waals surface area contributed by atoms with Crippen LogP contribution in [0.3, 0.4) is 0 Å². The van der Waals surface area contributed by atoms with Gasteiger partial charge in [0.1, 0.15) is 6.04 Å². The molecule has 0 aromatic rings. The molecule has 0 aliphatic heterocycles. The molecule has 0 unspecified atom stereocenters. The van der Waals surface area contributed by atoms with E-state index in [9.17, 15) is 19.5 Å². The summed E-state index contributed by atoms with van der Waals surface area (Å²) >= 11 is 0. The Morgan fingerprint density at radius 1 is 0.920 bits per heavy atom. The van der Waals surface area contributed by atoms with Crippen molar-refractivity contribution in [2.24, 2.45) is 0 Å². The van der Waals surface area contributed by atoms with Gasteiger partial charge in [-0.2, -0.15) is 0 Å². The minimum atomic E-state index is -1.32. The van der Waals surface area contributed by atoms with Crippen molar-refractivity contribution in [1.82, 2.24) is 5.32 Å². The first-order chi connectivity index (χ1) is 11.0. The van der Waals surface area contributed by atoms with Crippen molar-refractivity contribution in [3.05, 3.63) is 0 Å². The van der Waals surface area contributed by atoms with Crippen molar-refractivity contribution in [2.45, 2.75) is 90.0 Å². The fourth-order valence-electron chi connectivity index (χ4n) is 2.38. The average molecular weight is 375 g/mol. The molecular weight excluding hydrogens is 344 g/mol. The third-order valence-corrected chi connectivity index (χ3v) is 3.78. The number of amides is 1. The van der Waals surface area contributed by atoms with Gasteiger partial charge in [-0.15, -0.1) is 0 Å². The summed E-state index contributed by atoms with van der Waals surface area (Å²) in [4.78, 5) is 33.0. The number of hydrogen-bond donors (Lipinski definition) is 2. The normalized spacial score (nSPS) is 10.9. The van der Waals surface area contributed by atoms with Crippen molar-refractivity contribution < 1.29 is 54.2 Å². The molecule has 0 aliphatic carbocycles. The van der Waals surface area contributed by atoms with Gasteiger partial charge < -0.3 is 20.3 Å². The Morgan fingerprint density at radius 2 is 1.40 bits per heavy atom. The predicted octanol–water partition coefficient (Wildman–Crippen LogP) is -1.64. The van der Waals surface area contributed by atoms with Gasteiger partial charge in [0.2, 0.25) is 5.91 Å². The van der Waals surface area contributed by atoms with E-state index in [-0.39, 0.29) is 84.3 Å². The molecule has 0 heterocycles. The zero-order valence-corrected chi connectivity index (χ0v) is 17.1. The number of unbranched alkanes of at least 4 members (excludes halogenated alkanes) is 8. The summed E-state index contributed by atoms with van der Waals surface area (Å²) < 4.78 is 0. The Labute approximate surface area is 195 Å². The first-order valence-corrected chi connectivity index (χ1v) is 8.69. The second kappa shape index (κ2) is 20.7. The summed E-state index contributed by atoms with van der Waals surface area (Å²) in [6, 6.07) is -1.15. The molecular formula is C17H31NNa2O5. The standard InChI is InChI=1S/C17H31NO5.2Na.H/c1-2-3-4-5-6-7-8-9-10-11-15(19)18-14(17(22)23)12-13-16(20)21;;;/h14H,2-13H2,1H3,(H,18,19)(H,20,21)(H,22,23);;;/q;;+1;/p-1/t14-;;;/m0.../s1. The van der Waals surface area contributed by atoms with E-state index in [2.05, 4.69) is 12.2 Å². The maximum absolute atomic E-state index is 11.7. The summed E-state index contributed by atoms with van der Waals surface area (Å²) in [5.74, 6) is -2.87. The number of aliphatic carboxylic acids is 2. The van der Waals surface area contributed by atoms with Crippen LogP contribution in [-0.4, -0.2) is 58.6 Å². The van der Waals surface area contributed by atoms with Gasteiger partial charge in [0.25, 0.3) is 0 Å². The van der Waals surface area contributed by atoms with Crippen LogP contribution in [0.15, 0.2) is 0 Å². The van der Waals surface area contributed by atoms with Crippen LogP contribution in [0, 0.1) is 0 Å². The Hall–Kier alpha value is 0.410. The first kappa shape index (κ1) is 30.1. The van der Waals surface area contributed by atoms with E-state index in [0.29, 0.717) is 0 Å². The Kier molecular flexibility index (Phi) is 25.0. The van der Waals surface area contributed by atoms with Crippen molar-refractivity contribution >= 4 is 47.4 Å². The maximum atomic E-state index is 11.7. The van der Waals surface area contributed by atoms with Crippen molar-refractivity contribution in [1.29, 1.82) is 0 Å². The fourth-order valence-corrected chi connectivity index (χ4v) is 2.38. The van der Waals surface area contributed by atoms with E-state index in [0.717, 1.165) is 19.3 Å². The molecule has 6 nitrogen and oxygen atoms in total. The zero-order chi connectivity index (χ0) is 17.5. The Morgan fingerprint density at radius 3 is 1.84 bits per heavy atom. The van der Waals surface area contributed by atoms with Gasteiger partial charge in [0.05, 0.1) is 0 Å². The summed E-state index contributed by atoms with van der Waals surface area (Å²) in [5, 5.41) is 21.7. The van der Waals surface area contributed by atoms with Crippen molar-refractivity contribution in [3.8, 4) is 0 Å². The van der Waals surface area contributed by atoms with Crippen LogP contribution in [0.25, 0.3) is 0 Å². The topological polar surface area (TPSA) is 107 Å². The van der Waals surface area contributed by atoms with Crippen LogP contribution in [0.4, 0.5) is 0 Å². The average Bonchev–Trinajstić information content (AvgIpc) is 2.49. The first-order valence-electron chi connectivity index (χ1n) is 8.69. The van der Waals surface area contributed by atoms with Gasteiger partial charge in [-0.05, 0) is 19.3 Å². The number of rotatable bonds is 15. The summed E-state index contributed by atoms with van der Waals surface area (Å²) in [6.45, 7) is 2.19. The summed E-state index contributed by atoms with van der Waals surface area (Å²) in [5.41, 5.74) is 0. The van der Waals surface area contributed by atoms with Gasteiger partial charge in [-0.3, -0.25) is 4.79 Å². The number of carboxylic acid groups (broad SMARTS) is 2. The SMILES string of the molecule is CCCCCCCCCCCC(=O)N[C@@H](CCC(=O)[O-])C(=O)O.[Na+].[NaH]. The van der Waals surface area contributed by atoms with E-state index in [4.69, 9.17) is 5.11 Å². The second-order valence-electron chi connectivity index (χ2n) is 5.95. The van der Waals surface area contributed by atoms with E-state index in [1.807, 2.05) is 0 Å². The molecule has 1 amide bonds. The number of carbonyl (C=O) groups is 3. The minimum absolute atomic E-state index is 0. The third kappa shape index (κ3) is 20.6. The van der Waals surface area contributed by atoms with Gasteiger partial charge in [0.15, 0.2) is 0 Å². The molecule has 0 saturated heterocycles. The van der Waals surface area contributed by atoms with Crippen LogP contribution in [0.1, 0.15) is 84.0 Å². The molecule has 0 bridgehead atoms. The summed E-state index contributed by atoms with van der Waals surface area (Å²) in [6.07, 6.45) is 10.0. The number of carbonyl (C=O) groups excluding carboxylic acids is 2. The third-order valence-electron chi connectivity index (χ3n) is 3.78. The van der Waals surface area contributed by atoms with E-state index in [1.165, 1.54) is 38.5 Å². The molecule has 0 rings (SSSR count). The Bertz CT molecular complexity index is 367. The zero-order valence-electron chi connectivity index (χ0n) is 15.1. The van der Waals surface area contributed by atoms with Crippen LogP contribution < -0.4 is 40.0 Å². The number of carboxylic acids is 2. The molecule has 2 N–H and O–H groups in total. The Balaban J connectivity index is -0.00000242. The molecule has 8 heteroatoms. The van der Waals surface area contributed by atoms with Crippen LogP contribution in [0.5, 0.6) is 0 Å². The monoisotopic (exact) mass is 375 g/mol. The van der Waals surface area contributed by atoms with E-state index in [1.54, 1.807) is 0 Å².